The van der Waals surface area contributed by atoms with Crippen LogP contribution in [0.25, 0.3) is 0 Å². The summed E-state index contributed by atoms with van der Waals surface area (Å²) < 4.78 is 31.4. The zero-order chi connectivity index (χ0) is 13.2. The van der Waals surface area contributed by atoms with Crippen LogP contribution in [0, 0.1) is 0 Å². The van der Waals surface area contributed by atoms with Crippen LogP contribution in [0.5, 0.6) is 5.75 Å². The summed E-state index contributed by atoms with van der Waals surface area (Å²) in [6.45, 7) is 0.709. The van der Waals surface area contributed by atoms with Gasteiger partial charge in [-0.25, -0.2) is 8.78 Å². The van der Waals surface area contributed by atoms with Gasteiger partial charge in [0.25, 0.3) is 5.92 Å². The number of hydrogen-bond acceptors (Lipinski definition) is 3. The molecule has 6 heteroatoms. The first-order valence-corrected chi connectivity index (χ1v) is 4.82. The van der Waals surface area contributed by atoms with Crippen LogP contribution in [0.15, 0.2) is 18.2 Å². The van der Waals surface area contributed by atoms with Gasteiger partial charge in [0.15, 0.2) is 0 Å². The Balaban J connectivity index is 3.27. The van der Waals surface area contributed by atoms with E-state index in [1.54, 1.807) is 0 Å². The Morgan fingerprint density at radius 2 is 2.12 bits per heavy atom. The lowest BCUT2D eigenvalue weighted by Crippen LogP contribution is -2.21. The zero-order valence-electron chi connectivity index (χ0n) is 9.41. The van der Waals surface area contributed by atoms with Crippen molar-refractivity contribution in [1.29, 1.82) is 0 Å². The Hall–Kier alpha value is -1.69. The van der Waals surface area contributed by atoms with E-state index in [1.807, 2.05) is 0 Å². The number of methoxy groups -OCH3 is 1. The van der Waals surface area contributed by atoms with Crippen LogP contribution in [-0.4, -0.2) is 18.2 Å². The van der Waals surface area contributed by atoms with Gasteiger partial charge in [0.05, 0.1) is 12.7 Å². The van der Waals surface area contributed by atoms with Crippen molar-refractivity contribution in [2.24, 2.45) is 5.73 Å². The number of ether oxygens (including phenoxy) is 1. The first-order chi connectivity index (χ1) is 7.77. The first-order valence-electron chi connectivity index (χ1n) is 4.82. The van der Waals surface area contributed by atoms with Crippen LogP contribution >= 0.6 is 0 Å². The Labute approximate surface area is 97.0 Å². The van der Waals surface area contributed by atoms with E-state index in [0.717, 1.165) is 6.07 Å². The van der Waals surface area contributed by atoms with E-state index in [0.29, 0.717) is 6.92 Å². The molecule has 17 heavy (non-hydrogen) atoms. The van der Waals surface area contributed by atoms with Crippen LogP contribution < -0.4 is 10.5 Å². The smallest absolute Gasteiger partial charge is 0.325 e. The van der Waals surface area contributed by atoms with Crippen LogP contribution in [0.2, 0.25) is 0 Å². The number of rotatable bonds is 4. The largest absolute Gasteiger partial charge is 0.496 e. The quantitative estimate of drug-likeness (QED) is 0.849. The molecule has 1 aromatic rings. The molecule has 94 valence electrons. The zero-order valence-corrected chi connectivity index (χ0v) is 9.41. The number of aliphatic carboxylic acids is 1. The number of carbonyl (C=O) groups is 1. The number of halogens is 2. The van der Waals surface area contributed by atoms with E-state index in [2.05, 4.69) is 0 Å². The van der Waals surface area contributed by atoms with E-state index in [4.69, 9.17) is 15.6 Å². The third-order valence-electron chi connectivity index (χ3n) is 2.32. The van der Waals surface area contributed by atoms with Crippen molar-refractivity contribution < 1.29 is 23.4 Å². The maximum atomic E-state index is 13.3. The number of hydrogen-bond donors (Lipinski definition) is 2. The van der Waals surface area contributed by atoms with Gasteiger partial charge in [-0.05, 0) is 17.7 Å². The minimum atomic E-state index is -3.13. The maximum Gasteiger partial charge on any atom is 0.325 e. The highest BCUT2D eigenvalue weighted by atomic mass is 19.3. The van der Waals surface area contributed by atoms with E-state index in [-0.39, 0.29) is 16.9 Å². The highest BCUT2D eigenvalue weighted by Gasteiger charge is 2.30. The molecule has 1 atom stereocenters. The molecule has 1 rings (SSSR count). The number of carboxylic acids is 1. The normalized spacial score (nSPS) is 13.2. The SMILES string of the molecule is COc1ccc(C(N)C(=O)O)cc1C(C)(F)F. The summed E-state index contributed by atoms with van der Waals surface area (Å²) in [6, 6.07) is 2.36. The Morgan fingerprint density at radius 1 is 1.53 bits per heavy atom. The standard InChI is InChI=1S/C11H13F2NO3/c1-11(12,13)7-5-6(9(14)10(15)16)3-4-8(7)17-2/h3-5,9H,14H2,1-2H3,(H,15,16). The number of alkyl halides is 2. The number of carboxylic acid groups (broad SMARTS) is 1. The lowest BCUT2D eigenvalue weighted by molar-refractivity contribution is -0.138. The van der Waals surface area contributed by atoms with Gasteiger partial charge in [0.2, 0.25) is 0 Å². The summed E-state index contributed by atoms with van der Waals surface area (Å²) in [6.07, 6.45) is 0. The molecule has 0 saturated heterocycles. The average Bonchev–Trinajstić information content (AvgIpc) is 2.25. The summed E-state index contributed by atoms with van der Waals surface area (Å²) in [5, 5.41) is 8.71. The van der Waals surface area contributed by atoms with E-state index >= 15 is 0 Å². The van der Waals surface area contributed by atoms with Crippen molar-refractivity contribution in [2.75, 3.05) is 7.11 Å². The second-order valence-corrected chi connectivity index (χ2v) is 3.66. The van der Waals surface area contributed by atoms with Gasteiger partial charge in [-0.3, -0.25) is 4.79 Å². The number of nitrogens with two attached hydrogens (primary N) is 1. The summed E-state index contributed by atoms with van der Waals surface area (Å²) in [7, 11) is 1.27. The summed E-state index contributed by atoms with van der Waals surface area (Å²) >= 11 is 0. The molecule has 0 fully saturated rings. The Bertz CT molecular complexity index is 429. The predicted molar refractivity (Wildman–Crippen MR) is 57.1 cm³/mol. The van der Waals surface area contributed by atoms with Crippen molar-refractivity contribution in [3.05, 3.63) is 29.3 Å². The van der Waals surface area contributed by atoms with E-state index in [1.165, 1.54) is 19.2 Å². The molecule has 0 aliphatic heterocycles. The first kappa shape index (κ1) is 13.4. The van der Waals surface area contributed by atoms with Crippen molar-refractivity contribution in [3.8, 4) is 5.75 Å². The molecule has 3 N–H and O–H groups in total. The monoisotopic (exact) mass is 245 g/mol. The molecule has 0 heterocycles. The summed E-state index contributed by atoms with van der Waals surface area (Å²) in [5.41, 5.74) is 5.08. The molecule has 0 aliphatic rings. The fourth-order valence-corrected chi connectivity index (χ4v) is 1.40. The molecule has 4 nitrogen and oxygen atoms in total. The molecule has 0 bridgehead atoms. The third kappa shape index (κ3) is 2.91. The van der Waals surface area contributed by atoms with Gasteiger partial charge in [-0.15, -0.1) is 0 Å². The second-order valence-electron chi connectivity index (χ2n) is 3.66. The molecule has 0 aromatic heterocycles. The Morgan fingerprint density at radius 3 is 2.53 bits per heavy atom. The van der Waals surface area contributed by atoms with E-state index < -0.39 is 17.9 Å². The van der Waals surface area contributed by atoms with Crippen molar-refractivity contribution in [3.63, 3.8) is 0 Å². The van der Waals surface area contributed by atoms with Gasteiger partial charge in [0, 0.05) is 6.92 Å². The highest BCUT2D eigenvalue weighted by Crippen LogP contribution is 2.35. The lowest BCUT2D eigenvalue weighted by Gasteiger charge is -2.17. The third-order valence-corrected chi connectivity index (χ3v) is 2.32. The minimum absolute atomic E-state index is 0.00108. The van der Waals surface area contributed by atoms with Crippen molar-refractivity contribution in [1.82, 2.24) is 0 Å². The predicted octanol–water partition coefficient (Wildman–Crippen LogP) is 1.89. The molecule has 0 radical (unpaired) electrons. The molecular formula is C11H13F2NO3. The fourth-order valence-electron chi connectivity index (χ4n) is 1.40. The molecule has 0 amide bonds. The average molecular weight is 245 g/mol. The van der Waals surface area contributed by atoms with Gasteiger partial charge in [-0.2, -0.15) is 0 Å². The second kappa shape index (κ2) is 4.67. The molecule has 0 aliphatic carbocycles. The van der Waals surface area contributed by atoms with Crippen LogP contribution in [-0.2, 0) is 10.7 Å². The van der Waals surface area contributed by atoms with Gasteiger partial charge in [-0.1, -0.05) is 6.07 Å². The molecule has 1 unspecified atom stereocenters. The molecule has 1 aromatic carbocycles. The van der Waals surface area contributed by atoms with Crippen molar-refractivity contribution >= 4 is 5.97 Å². The fraction of sp³-hybridized carbons (Fsp3) is 0.364. The van der Waals surface area contributed by atoms with Crippen LogP contribution in [0.3, 0.4) is 0 Å². The molecule has 0 spiro atoms. The molecular weight excluding hydrogens is 232 g/mol. The van der Waals surface area contributed by atoms with Gasteiger partial charge in [0.1, 0.15) is 11.8 Å². The minimum Gasteiger partial charge on any atom is -0.496 e. The molecule has 0 saturated carbocycles. The topological polar surface area (TPSA) is 72.5 Å². The number of benzene rings is 1. The van der Waals surface area contributed by atoms with Crippen LogP contribution in [0.4, 0.5) is 8.78 Å². The van der Waals surface area contributed by atoms with Crippen LogP contribution in [0.1, 0.15) is 24.1 Å². The summed E-state index contributed by atoms with van der Waals surface area (Å²) in [5.74, 6) is -4.40. The summed E-state index contributed by atoms with van der Waals surface area (Å²) in [4.78, 5) is 10.7. The lowest BCUT2D eigenvalue weighted by atomic mass is 10.0. The highest BCUT2D eigenvalue weighted by molar-refractivity contribution is 5.75. The van der Waals surface area contributed by atoms with Gasteiger partial charge >= 0.3 is 5.97 Å². The maximum absolute atomic E-state index is 13.3. The van der Waals surface area contributed by atoms with Gasteiger partial charge < -0.3 is 15.6 Å². The van der Waals surface area contributed by atoms with Crippen molar-refractivity contribution in [2.45, 2.75) is 18.9 Å². The Kier molecular flexibility index (Phi) is 3.67. The van der Waals surface area contributed by atoms with E-state index in [9.17, 15) is 13.6 Å².